The number of carbonyl (C=O) groups is 2. The molecule has 0 rings (SSSR count). The molecule has 4 nitrogen and oxygen atoms in total. The fraction of sp³-hybridized carbons (Fsp3) is 0.867. The number of unbranched alkanes of at least 4 members (excludes halogenated alkanes) is 22. The summed E-state index contributed by atoms with van der Waals surface area (Å²) < 4.78 is 0. The number of carboxylic acids is 2. The molecule has 0 fully saturated rings. The SMILES string of the molecule is CCCCCCCCCCCCCCCCCCCCCCCC/C=C/C(CC(=O)O)C(=O)O. The Morgan fingerprint density at radius 3 is 1.18 bits per heavy atom. The third-order valence-corrected chi connectivity index (χ3v) is 6.80. The standard InChI is InChI=1S/C30H56O4/c1-2-3-4-5-6-7-8-9-10-11-12-13-14-15-16-17-18-19-20-21-22-23-24-25-26-28(30(33)34)27-29(31)32/h25-26,28H,2-24,27H2,1H3,(H,31,32)(H,33,34)/b26-25+. The van der Waals surface area contributed by atoms with E-state index in [1.165, 1.54) is 141 Å². The number of aliphatic carboxylic acids is 2. The Balaban J connectivity index is 3.23. The van der Waals surface area contributed by atoms with Gasteiger partial charge >= 0.3 is 11.9 Å². The van der Waals surface area contributed by atoms with Gasteiger partial charge in [0.25, 0.3) is 0 Å². The van der Waals surface area contributed by atoms with Gasteiger partial charge in [-0.2, -0.15) is 0 Å². The van der Waals surface area contributed by atoms with Crippen molar-refractivity contribution in [1.82, 2.24) is 0 Å². The third kappa shape index (κ3) is 25.3. The van der Waals surface area contributed by atoms with Crippen molar-refractivity contribution >= 4 is 11.9 Å². The molecule has 0 aromatic rings. The smallest absolute Gasteiger partial charge is 0.310 e. The van der Waals surface area contributed by atoms with Crippen molar-refractivity contribution in [3.8, 4) is 0 Å². The molecule has 0 saturated heterocycles. The zero-order valence-electron chi connectivity index (χ0n) is 22.4. The van der Waals surface area contributed by atoms with E-state index < -0.39 is 17.9 Å². The lowest BCUT2D eigenvalue weighted by Gasteiger charge is -2.04. The molecule has 0 aromatic carbocycles. The Hall–Kier alpha value is -1.32. The normalized spacial score (nSPS) is 12.4. The predicted octanol–water partition coefficient (Wildman–Crippen LogP) is 9.71. The fourth-order valence-electron chi connectivity index (χ4n) is 4.56. The van der Waals surface area contributed by atoms with Crippen LogP contribution < -0.4 is 0 Å². The first-order valence-electron chi connectivity index (χ1n) is 14.7. The van der Waals surface area contributed by atoms with Crippen LogP contribution in [0.1, 0.15) is 161 Å². The van der Waals surface area contributed by atoms with E-state index in [0.717, 1.165) is 12.8 Å². The van der Waals surface area contributed by atoms with Crippen LogP contribution >= 0.6 is 0 Å². The van der Waals surface area contributed by atoms with E-state index >= 15 is 0 Å². The lowest BCUT2D eigenvalue weighted by Crippen LogP contribution is -2.15. The molecule has 2 N–H and O–H groups in total. The van der Waals surface area contributed by atoms with Crippen LogP contribution in [0.5, 0.6) is 0 Å². The highest BCUT2D eigenvalue weighted by Crippen LogP contribution is 2.15. The summed E-state index contributed by atoms with van der Waals surface area (Å²) in [5.41, 5.74) is 0. The molecule has 0 saturated carbocycles. The van der Waals surface area contributed by atoms with Crippen LogP contribution in [-0.4, -0.2) is 22.2 Å². The van der Waals surface area contributed by atoms with Crippen molar-refractivity contribution in [3.05, 3.63) is 12.2 Å². The van der Waals surface area contributed by atoms with Crippen LogP contribution in [0.25, 0.3) is 0 Å². The van der Waals surface area contributed by atoms with Crippen LogP contribution in [-0.2, 0) is 9.59 Å². The minimum absolute atomic E-state index is 0.342. The van der Waals surface area contributed by atoms with Gasteiger partial charge in [0, 0.05) is 0 Å². The van der Waals surface area contributed by atoms with Crippen molar-refractivity contribution in [2.45, 2.75) is 161 Å². The predicted molar refractivity (Wildman–Crippen MR) is 144 cm³/mol. The molecule has 200 valence electrons. The van der Waals surface area contributed by atoms with Crippen LogP contribution in [0.3, 0.4) is 0 Å². The van der Waals surface area contributed by atoms with Gasteiger partial charge in [-0.05, 0) is 12.8 Å². The maximum Gasteiger partial charge on any atom is 0.310 e. The first-order valence-corrected chi connectivity index (χ1v) is 14.7. The van der Waals surface area contributed by atoms with Gasteiger partial charge in [0.05, 0.1) is 12.3 Å². The Kier molecular flexibility index (Phi) is 25.3. The van der Waals surface area contributed by atoms with Gasteiger partial charge in [0.15, 0.2) is 0 Å². The topological polar surface area (TPSA) is 74.6 Å². The van der Waals surface area contributed by atoms with Crippen LogP contribution in [0.15, 0.2) is 12.2 Å². The van der Waals surface area contributed by atoms with Crippen LogP contribution in [0.4, 0.5) is 0 Å². The zero-order chi connectivity index (χ0) is 25.1. The molecule has 0 aliphatic rings. The lowest BCUT2D eigenvalue weighted by molar-refractivity contribution is -0.146. The van der Waals surface area contributed by atoms with Gasteiger partial charge in [-0.3, -0.25) is 9.59 Å². The highest BCUT2D eigenvalue weighted by atomic mass is 16.4. The van der Waals surface area contributed by atoms with Gasteiger partial charge in [0.2, 0.25) is 0 Å². The first kappa shape index (κ1) is 32.7. The Bertz CT molecular complexity index is 486. The molecule has 0 radical (unpaired) electrons. The van der Waals surface area contributed by atoms with E-state index in [2.05, 4.69) is 6.92 Å². The summed E-state index contributed by atoms with van der Waals surface area (Å²) in [4.78, 5) is 21.6. The summed E-state index contributed by atoms with van der Waals surface area (Å²) in [7, 11) is 0. The second-order valence-corrected chi connectivity index (χ2v) is 10.2. The molecule has 0 amide bonds. The summed E-state index contributed by atoms with van der Waals surface area (Å²) in [5.74, 6) is -3.04. The zero-order valence-corrected chi connectivity index (χ0v) is 22.4. The van der Waals surface area contributed by atoms with Gasteiger partial charge in [0.1, 0.15) is 0 Å². The van der Waals surface area contributed by atoms with E-state index in [1.54, 1.807) is 0 Å². The molecule has 0 aromatic heterocycles. The third-order valence-electron chi connectivity index (χ3n) is 6.80. The molecule has 0 aliphatic carbocycles. The van der Waals surface area contributed by atoms with E-state index in [0.29, 0.717) is 0 Å². The largest absolute Gasteiger partial charge is 0.481 e. The van der Waals surface area contributed by atoms with Gasteiger partial charge in [-0.1, -0.05) is 154 Å². The average molecular weight is 481 g/mol. The van der Waals surface area contributed by atoms with Gasteiger partial charge in [-0.15, -0.1) is 0 Å². The molecular weight excluding hydrogens is 424 g/mol. The summed E-state index contributed by atoms with van der Waals surface area (Å²) in [5, 5.41) is 17.7. The number of hydrogen-bond acceptors (Lipinski definition) is 2. The molecular formula is C30H56O4. The van der Waals surface area contributed by atoms with Crippen molar-refractivity contribution in [2.75, 3.05) is 0 Å². The highest BCUT2D eigenvalue weighted by Gasteiger charge is 2.17. The fourth-order valence-corrected chi connectivity index (χ4v) is 4.56. The molecule has 0 aliphatic heterocycles. The molecule has 1 atom stereocenters. The Labute approximate surface area is 211 Å². The first-order chi connectivity index (χ1) is 16.6. The quantitative estimate of drug-likeness (QED) is 0.0906. The van der Waals surface area contributed by atoms with Crippen molar-refractivity contribution in [2.24, 2.45) is 5.92 Å². The molecule has 0 bridgehead atoms. The van der Waals surface area contributed by atoms with E-state index in [1.807, 2.05) is 6.08 Å². The monoisotopic (exact) mass is 480 g/mol. The highest BCUT2D eigenvalue weighted by molar-refractivity contribution is 5.79. The maximum absolute atomic E-state index is 11.0. The second-order valence-electron chi connectivity index (χ2n) is 10.2. The van der Waals surface area contributed by atoms with Crippen molar-refractivity contribution < 1.29 is 19.8 Å². The molecule has 1 unspecified atom stereocenters. The molecule has 0 spiro atoms. The number of carboxylic acid groups (broad SMARTS) is 2. The number of rotatable bonds is 27. The van der Waals surface area contributed by atoms with E-state index in [-0.39, 0.29) is 6.42 Å². The Morgan fingerprint density at radius 1 is 0.559 bits per heavy atom. The second kappa shape index (κ2) is 26.3. The molecule has 4 heteroatoms. The lowest BCUT2D eigenvalue weighted by atomic mass is 10.0. The minimum atomic E-state index is -1.07. The van der Waals surface area contributed by atoms with Crippen molar-refractivity contribution in [3.63, 3.8) is 0 Å². The minimum Gasteiger partial charge on any atom is -0.481 e. The average Bonchev–Trinajstić information content (AvgIpc) is 2.80. The number of hydrogen-bond donors (Lipinski definition) is 2. The summed E-state index contributed by atoms with van der Waals surface area (Å²) >= 11 is 0. The van der Waals surface area contributed by atoms with E-state index in [4.69, 9.17) is 10.2 Å². The van der Waals surface area contributed by atoms with Gasteiger partial charge in [-0.25, -0.2) is 0 Å². The summed E-state index contributed by atoms with van der Waals surface area (Å²) in [6.07, 6.45) is 34.1. The number of allylic oxidation sites excluding steroid dienone is 1. The maximum atomic E-state index is 11.0. The van der Waals surface area contributed by atoms with Crippen LogP contribution in [0.2, 0.25) is 0 Å². The summed E-state index contributed by atoms with van der Waals surface area (Å²) in [6.45, 7) is 2.28. The van der Waals surface area contributed by atoms with E-state index in [9.17, 15) is 9.59 Å². The van der Waals surface area contributed by atoms with Crippen LogP contribution in [0, 0.1) is 5.92 Å². The summed E-state index contributed by atoms with van der Waals surface area (Å²) in [6, 6.07) is 0. The molecule has 34 heavy (non-hydrogen) atoms. The Morgan fingerprint density at radius 2 is 0.882 bits per heavy atom. The molecule has 0 heterocycles. The van der Waals surface area contributed by atoms with Gasteiger partial charge < -0.3 is 10.2 Å². The van der Waals surface area contributed by atoms with Crippen molar-refractivity contribution in [1.29, 1.82) is 0 Å².